The number of nitrogens with zero attached hydrogens (tertiary/aromatic N) is 1. The van der Waals surface area contributed by atoms with Gasteiger partial charge in [0.1, 0.15) is 11.8 Å². The molecule has 5 nitrogen and oxygen atoms in total. The highest BCUT2D eigenvalue weighted by molar-refractivity contribution is 5.88. The molecule has 0 aliphatic rings. The van der Waals surface area contributed by atoms with Crippen LogP contribution in [0.4, 0.5) is 0 Å². The summed E-state index contributed by atoms with van der Waals surface area (Å²) in [7, 11) is 0. The maximum absolute atomic E-state index is 13.7. The molecule has 5 heteroatoms. The van der Waals surface area contributed by atoms with Crippen LogP contribution in [0.3, 0.4) is 0 Å². The molecule has 0 saturated heterocycles. The second-order valence-electron chi connectivity index (χ2n) is 9.42. The van der Waals surface area contributed by atoms with E-state index in [1.807, 2.05) is 87.5 Å². The molecule has 3 aromatic rings. The number of ether oxygens (including phenoxy) is 1. The van der Waals surface area contributed by atoms with Crippen molar-refractivity contribution in [3.05, 3.63) is 101 Å². The summed E-state index contributed by atoms with van der Waals surface area (Å²) < 4.78 is 5.98. The molecule has 0 aliphatic heterocycles. The number of rotatable bonds is 12. The van der Waals surface area contributed by atoms with E-state index in [1.165, 1.54) is 0 Å². The second kappa shape index (κ2) is 13.5. The van der Waals surface area contributed by atoms with Gasteiger partial charge in [-0.15, -0.1) is 0 Å². The lowest BCUT2D eigenvalue weighted by Crippen LogP contribution is -2.51. The molecule has 0 unspecified atom stereocenters. The van der Waals surface area contributed by atoms with Crippen molar-refractivity contribution in [3.63, 3.8) is 0 Å². The van der Waals surface area contributed by atoms with Gasteiger partial charge in [0.25, 0.3) is 5.91 Å². The SMILES string of the molecule is CCCCNC(=O)[C@@H](Cc1ccccc1)N(Cc1cccc(C)c1)C(=O)COc1cc(C)ccc1C. The second-order valence-corrected chi connectivity index (χ2v) is 9.42. The summed E-state index contributed by atoms with van der Waals surface area (Å²) >= 11 is 0. The first kappa shape index (κ1) is 27.0. The zero-order valence-electron chi connectivity index (χ0n) is 21.9. The molecule has 3 rings (SSSR count). The largest absolute Gasteiger partial charge is 0.483 e. The number of aryl methyl sites for hydroxylation is 3. The fourth-order valence-corrected chi connectivity index (χ4v) is 4.15. The third-order valence-corrected chi connectivity index (χ3v) is 6.23. The summed E-state index contributed by atoms with van der Waals surface area (Å²) in [5.41, 5.74) is 5.13. The van der Waals surface area contributed by atoms with Crippen molar-refractivity contribution >= 4 is 11.8 Å². The molecular formula is C31H38N2O3. The van der Waals surface area contributed by atoms with E-state index in [-0.39, 0.29) is 18.4 Å². The van der Waals surface area contributed by atoms with Crippen LogP contribution in [0.15, 0.2) is 72.8 Å². The number of nitrogens with one attached hydrogen (secondary N) is 1. The van der Waals surface area contributed by atoms with E-state index in [2.05, 4.69) is 18.3 Å². The highest BCUT2D eigenvalue weighted by atomic mass is 16.5. The Hall–Kier alpha value is -3.60. The molecular weight excluding hydrogens is 448 g/mol. The van der Waals surface area contributed by atoms with Gasteiger partial charge >= 0.3 is 0 Å². The van der Waals surface area contributed by atoms with Crippen molar-refractivity contribution in [2.45, 2.75) is 59.5 Å². The summed E-state index contributed by atoms with van der Waals surface area (Å²) in [6, 6.07) is 23.2. The smallest absolute Gasteiger partial charge is 0.261 e. The summed E-state index contributed by atoms with van der Waals surface area (Å²) in [6.07, 6.45) is 2.31. The van der Waals surface area contributed by atoms with E-state index in [9.17, 15) is 9.59 Å². The zero-order chi connectivity index (χ0) is 25.9. The number of hydrogen-bond acceptors (Lipinski definition) is 3. The van der Waals surface area contributed by atoms with Gasteiger partial charge in [-0.05, 0) is 55.5 Å². The van der Waals surface area contributed by atoms with Gasteiger partial charge in [-0.25, -0.2) is 0 Å². The Morgan fingerprint density at radius 1 is 0.889 bits per heavy atom. The van der Waals surface area contributed by atoms with E-state index in [0.717, 1.165) is 40.7 Å². The van der Waals surface area contributed by atoms with E-state index in [1.54, 1.807) is 4.90 Å². The van der Waals surface area contributed by atoms with Crippen molar-refractivity contribution in [2.24, 2.45) is 0 Å². The molecule has 0 bridgehead atoms. The molecule has 190 valence electrons. The van der Waals surface area contributed by atoms with Crippen LogP contribution in [-0.4, -0.2) is 35.9 Å². The first-order valence-corrected chi connectivity index (χ1v) is 12.7. The standard InChI is InChI=1S/C31H38N2O3/c1-5-6-17-32-31(35)28(20-26-12-8-7-9-13-26)33(21-27-14-10-11-23(2)18-27)30(34)22-36-29-19-24(3)15-16-25(29)4/h7-16,18-19,28H,5-6,17,20-22H2,1-4H3,(H,32,35)/t28-/m1/s1. The Kier molecular flexibility index (Phi) is 10.1. The van der Waals surface area contributed by atoms with Gasteiger partial charge in [0.05, 0.1) is 0 Å². The van der Waals surface area contributed by atoms with Gasteiger partial charge in [0, 0.05) is 19.5 Å². The summed E-state index contributed by atoms with van der Waals surface area (Å²) in [6.45, 7) is 8.85. The average Bonchev–Trinajstić information content (AvgIpc) is 2.87. The van der Waals surface area contributed by atoms with Crippen molar-refractivity contribution in [1.29, 1.82) is 0 Å². The number of amides is 2. The molecule has 0 fully saturated rings. The molecule has 1 N–H and O–H groups in total. The van der Waals surface area contributed by atoms with Gasteiger partial charge in [-0.3, -0.25) is 9.59 Å². The van der Waals surface area contributed by atoms with Crippen molar-refractivity contribution in [3.8, 4) is 5.75 Å². The minimum Gasteiger partial charge on any atom is -0.483 e. The molecule has 0 saturated carbocycles. The molecule has 0 aliphatic carbocycles. The Morgan fingerprint density at radius 3 is 2.33 bits per heavy atom. The summed E-state index contributed by atoms with van der Waals surface area (Å²) in [5, 5.41) is 3.05. The molecule has 3 aromatic carbocycles. The minimum absolute atomic E-state index is 0.135. The van der Waals surface area contributed by atoms with Crippen LogP contribution < -0.4 is 10.1 Å². The van der Waals surface area contributed by atoms with E-state index < -0.39 is 6.04 Å². The van der Waals surface area contributed by atoms with Gasteiger partial charge in [0.2, 0.25) is 5.91 Å². The molecule has 0 radical (unpaired) electrons. The van der Waals surface area contributed by atoms with Crippen LogP contribution >= 0.6 is 0 Å². The third kappa shape index (κ3) is 7.98. The fraction of sp³-hybridized carbons (Fsp3) is 0.355. The highest BCUT2D eigenvalue weighted by Crippen LogP contribution is 2.20. The molecule has 0 heterocycles. The Bertz CT molecular complexity index is 1140. The maximum Gasteiger partial charge on any atom is 0.261 e. The number of carbonyl (C=O) groups is 2. The number of benzene rings is 3. The first-order chi connectivity index (χ1) is 17.4. The fourth-order valence-electron chi connectivity index (χ4n) is 4.15. The quantitative estimate of drug-likeness (QED) is 0.342. The predicted molar refractivity (Wildman–Crippen MR) is 145 cm³/mol. The summed E-state index contributed by atoms with van der Waals surface area (Å²) in [4.78, 5) is 28.8. The van der Waals surface area contributed by atoms with Crippen LogP contribution in [0.1, 0.15) is 47.6 Å². The van der Waals surface area contributed by atoms with Gasteiger partial charge < -0.3 is 15.0 Å². The third-order valence-electron chi connectivity index (χ3n) is 6.23. The van der Waals surface area contributed by atoms with Crippen molar-refractivity contribution < 1.29 is 14.3 Å². The number of carbonyl (C=O) groups excluding carboxylic acids is 2. The molecule has 0 aromatic heterocycles. The highest BCUT2D eigenvalue weighted by Gasteiger charge is 2.30. The Labute approximate surface area is 215 Å². The van der Waals surface area contributed by atoms with E-state index >= 15 is 0 Å². The molecule has 2 amide bonds. The molecule has 0 spiro atoms. The van der Waals surface area contributed by atoms with Crippen LogP contribution in [0.25, 0.3) is 0 Å². The lowest BCUT2D eigenvalue weighted by Gasteiger charge is -2.31. The zero-order valence-corrected chi connectivity index (χ0v) is 21.9. The normalized spacial score (nSPS) is 11.6. The van der Waals surface area contributed by atoms with Gasteiger partial charge in [-0.2, -0.15) is 0 Å². The van der Waals surface area contributed by atoms with E-state index in [0.29, 0.717) is 25.3 Å². The van der Waals surface area contributed by atoms with Crippen LogP contribution in [0.2, 0.25) is 0 Å². The maximum atomic E-state index is 13.7. The first-order valence-electron chi connectivity index (χ1n) is 12.7. The van der Waals surface area contributed by atoms with Crippen molar-refractivity contribution in [2.75, 3.05) is 13.2 Å². The average molecular weight is 487 g/mol. The lowest BCUT2D eigenvalue weighted by atomic mass is 10.0. The Morgan fingerprint density at radius 2 is 1.61 bits per heavy atom. The monoisotopic (exact) mass is 486 g/mol. The van der Waals surface area contributed by atoms with Gasteiger partial charge in [0.15, 0.2) is 6.61 Å². The number of hydrogen-bond donors (Lipinski definition) is 1. The minimum atomic E-state index is -0.653. The number of unbranched alkanes of at least 4 members (excludes halogenated alkanes) is 1. The predicted octanol–water partition coefficient (Wildman–Crippen LogP) is 5.55. The van der Waals surface area contributed by atoms with Crippen molar-refractivity contribution in [1.82, 2.24) is 10.2 Å². The van der Waals surface area contributed by atoms with E-state index in [4.69, 9.17) is 4.74 Å². The van der Waals surface area contributed by atoms with Crippen LogP contribution in [0, 0.1) is 20.8 Å². The van der Waals surface area contributed by atoms with Gasteiger partial charge in [-0.1, -0.05) is 85.6 Å². The topological polar surface area (TPSA) is 58.6 Å². The molecule has 36 heavy (non-hydrogen) atoms. The van der Waals surface area contributed by atoms with Crippen LogP contribution in [0.5, 0.6) is 5.75 Å². The summed E-state index contributed by atoms with van der Waals surface area (Å²) in [5.74, 6) is 0.329. The Balaban J connectivity index is 1.90. The molecule has 1 atom stereocenters. The lowest BCUT2D eigenvalue weighted by molar-refractivity contribution is -0.142. The van der Waals surface area contributed by atoms with Crippen LogP contribution in [-0.2, 0) is 22.6 Å².